The molecule has 0 aliphatic carbocycles. The van der Waals surface area contributed by atoms with E-state index in [9.17, 15) is 19.2 Å². The molecule has 0 unspecified atom stereocenters. The van der Waals surface area contributed by atoms with Crippen molar-refractivity contribution in [3.8, 4) is 23.0 Å². The third kappa shape index (κ3) is 9.89. The van der Waals surface area contributed by atoms with Gasteiger partial charge in [-0.3, -0.25) is 14.4 Å². The standard InChI is InChI=1S/C37H40N4O9/c1-22(47-30-18-10-6-14-26(30)38)34(42)39-27-15-7-11-19-31(27)48-23(2)35(43)40-28-16-8-12-20-32(28)49-24(3)36(44)41-29-17-9-13-21-33(29)50-25(4)37(45)46-5/h6-25H,38H2,1-5H3,(H,39,42)(H,40,43)(H,41,44)/t22-,23-,24-,25-/m1/s1. The van der Waals surface area contributed by atoms with Crippen molar-refractivity contribution in [2.75, 3.05) is 28.8 Å². The quantitative estimate of drug-likeness (QED) is 0.0933. The number of hydrogen-bond donors (Lipinski definition) is 4. The van der Waals surface area contributed by atoms with Crippen LogP contribution in [0, 0.1) is 0 Å². The molecule has 4 aromatic carbocycles. The largest absolute Gasteiger partial charge is 0.479 e. The Morgan fingerprint density at radius 2 is 0.780 bits per heavy atom. The zero-order valence-electron chi connectivity index (χ0n) is 28.3. The lowest BCUT2D eigenvalue weighted by atomic mass is 10.2. The zero-order valence-corrected chi connectivity index (χ0v) is 28.3. The number of nitrogens with one attached hydrogen (secondary N) is 3. The third-order valence-electron chi connectivity index (χ3n) is 7.21. The third-order valence-corrected chi connectivity index (χ3v) is 7.21. The van der Waals surface area contributed by atoms with Gasteiger partial charge in [0.2, 0.25) is 0 Å². The van der Waals surface area contributed by atoms with Crippen LogP contribution in [0.4, 0.5) is 22.7 Å². The van der Waals surface area contributed by atoms with Gasteiger partial charge in [0.15, 0.2) is 24.4 Å². The van der Waals surface area contributed by atoms with Crippen LogP contribution in [-0.4, -0.2) is 55.2 Å². The molecule has 0 spiro atoms. The summed E-state index contributed by atoms with van der Waals surface area (Å²) in [6, 6.07) is 26.8. The van der Waals surface area contributed by atoms with Crippen LogP contribution in [0.3, 0.4) is 0 Å². The second kappa shape index (κ2) is 17.2. The highest BCUT2D eigenvalue weighted by molar-refractivity contribution is 5.98. The van der Waals surface area contributed by atoms with Crippen LogP contribution in [0.5, 0.6) is 23.0 Å². The van der Waals surface area contributed by atoms with Crippen molar-refractivity contribution in [2.45, 2.75) is 52.1 Å². The van der Waals surface area contributed by atoms with Crippen LogP contribution in [0.1, 0.15) is 27.7 Å². The van der Waals surface area contributed by atoms with Crippen LogP contribution in [0.25, 0.3) is 0 Å². The average molecular weight is 685 g/mol. The van der Waals surface area contributed by atoms with E-state index in [1.165, 1.54) is 14.0 Å². The van der Waals surface area contributed by atoms with Crippen LogP contribution >= 0.6 is 0 Å². The molecule has 4 rings (SSSR count). The molecular weight excluding hydrogens is 644 g/mol. The van der Waals surface area contributed by atoms with Crippen molar-refractivity contribution in [3.05, 3.63) is 97.1 Å². The number of carbonyl (C=O) groups is 4. The number of esters is 1. The molecule has 13 nitrogen and oxygen atoms in total. The molecular formula is C37H40N4O9. The van der Waals surface area contributed by atoms with Gasteiger partial charge in [0.05, 0.1) is 29.9 Å². The summed E-state index contributed by atoms with van der Waals surface area (Å²) in [6.45, 7) is 6.22. The first kappa shape index (κ1) is 36.6. The fraction of sp³-hybridized carbons (Fsp3) is 0.243. The molecule has 4 atom stereocenters. The van der Waals surface area contributed by atoms with Gasteiger partial charge in [0.1, 0.15) is 23.0 Å². The smallest absolute Gasteiger partial charge is 0.346 e. The number of anilines is 4. The van der Waals surface area contributed by atoms with Gasteiger partial charge in [0, 0.05) is 0 Å². The van der Waals surface area contributed by atoms with Gasteiger partial charge < -0.3 is 45.4 Å². The lowest BCUT2D eigenvalue weighted by molar-refractivity contribution is -0.147. The summed E-state index contributed by atoms with van der Waals surface area (Å²) in [6.07, 6.45) is -3.80. The van der Waals surface area contributed by atoms with Crippen LogP contribution in [0.2, 0.25) is 0 Å². The van der Waals surface area contributed by atoms with E-state index >= 15 is 0 Å². The van der Waals surface area contributed by atoms with Crippen molar-refractivity contribution in [1.29, 1.82) is 0 Å². The van der Waals surface area contributed by atoms with Gasteiger partial charge in [-0.15, -0.1) is 0 Å². The van der Waals surface area contributed by atoms with E-state index in [-0.39, 0.29) is 17.2 Å². The maximum absolute atomic E-state index is 13.3. The van der Waals surface area contributed by atoms with Crippen LogP contribution < -0.4 is 40.6 Å². The Bertz CT molecular complexity index is 1820. The molecule has 0 aromatic heterocycles. The summed E-state index contributed by atoms with van der Waals surface area (Å²) in [4.78, 5) is 51.1. The minimum absolute atomic E-state index is 0.236. The highest BCUT2D eigenvalue weighted by Crippen LogP contribution is 2.30. The summed E-state index contributed by atoms with van der Waals surface area (Å²) in [5.74, 6) is -0.882. The summed E-state index contributed by atoms with van der Waals surface area (Å²) >= 11 is 0. The number of para-hydroxylation sites is 8. The van der Waals surface area contributed by atoms with Crippen molar-refractivity contribution < 1.29 is 42.9 Å². The molecule has 0 saturated carbocycles. The van der Waals surface area contributed by atoms with Crippen molar-refractivity contribution >= 4 is 46.4 Å². The topological polar surface area (TPSA) is 177 Å². The molecule has 5 N–H and O–H groups in total. The normalized spacial score (nSPS) is 13.0. The lowest BCUT2D eigenvalue weighted by Gasteiger charge is -2.21. The van der Waals surface area contributed by atoms with Crippen molar-refractivity contribution in [1.82, 2.24) is 0 Å². The van der Waals surface area contributed by atoms with Gasteiger partial charge in [-0.25, -0.2) is 4.79 Å². The molecule has 0 fully saturated rings. The molecule has 0 bridgehead atoms. The van der Waals surface area contributed by atoms with E-state index in [0.717, 1.165) is 0 Å². The number of amides is 3. The summed E-state index contributed by atoms with van der Waals surface area (Å²) < 4.78 is 28.0. The number of nitrogen functional groups attached to an aromatic ring is 1. The van der Waals surface area contributed by atoms with Gasteiger partial charge in [-0.2, -0.15) is 0 Å². The number of carbonyl (C=O) groups excluding carboxylic acids is 4. The number of benzene rings is 4. The second-order valence-corrected chi connectivity index (χ2v) is 11.1. The molecule has 4 aromatic rings. The van der Waals surface area contributed by atoms with Crippen molar-refractivity contribution in [3.63, 3.8) is 0 Å². The molecule has 262 valence electrons. The van der Waals surface area contributed by atoms with E-state index in [0.29, 0.717) is 28.5 Å². The van der Waals surface area contributed by atoms with Gasteiger partial charge in [0.25, 0.3) is 17.7 Å². The maximum Gasteiger partial charge on any atom is 0.346 e. The van der Waals surface area contributed by atoms with Gasteiger partial charge >= 0.3 is 5.97 Å². The molecule has 13 heteroatoms. The molecule has 0 heterocycles. The summed E-state index contributed by atoms with van der Waals surface area (Å²) in [7, 11) is 1.26. The van der Waals surface area contributed by atoms with E-state index in [1.54, 1.807) is 118 Å². The Balaban J connectivity index is 1.37. The first-order valence-electron chi connectivity index (χ1n) is 15.8. The first-order chi connectivity index (χ1) is 24.0. The second-order valence-electron chi connectivity index (χ2n) is 11.1. The van der Waals surface area contributed by atoms with Crippen LogP contribution in [-0.2, 0) is 23.9 Å². The highest BCUT2D eigenvalue weighted by atomic mass is 16.6. The zero-order chi connectivity index (χ0) is 36.2. The fourth-order valence-corrected chi connectivity index (χ4v) is 4.45. The van der Waals surface area contributed by atoms with Crippen LogP contribution in [0.15, 0.2) is 97.1 Å². The highest BCUT2D eigenvalue weighted by Gasteiger charge is 2.23. The molecule has 0 aliphatic heterocycles. The Morgan fingerprint density at radius 1 is 0.480 bits per heavy atom. The summed E-state index contributed by atoms with van der Waals surface area (Å²) in [5, 5.41) is 8.30. The predicted octanol–water partition coefficient (Wildman–Crippen LogP) is 5.43. The monoisotopic (exact) mass is 684 g/mol. The van der Waals surface area contributed by atoms with E-state index in [4.69, 9.17) is 29.4 Å². The number of ether oxygens (including phenoxy) is 5. The Hall–Kier alpha value is -6.24. The lowest BCUT2D eigenvalue weighted by Crippen LogP contribution is -2.33. The Morgan fingerprint density at radius 3 is 1.14 bits per heavy atom. The number of methoxy groups -OCH3 is 1. The molecule has 0 aliphatic rings. The van der Waals surface area contributed by atoms with E-state index < -0.39 is 48.1 Å². The van der Waals surface area contributed by atoms with Crippen molar-refractivity contribution in [2.24, 2.45) is 0 Å². The van der Waals surface area contributed by atoms with Gasteiger partial charge in [-0.05, 0) is 76.2 Å². The average Bonchev–Trinajstić information content (AvgIpc) is 3.11. The molecule has 0 saturated heterocycles. The minimum atomic E-state index is -1.01. The maximum atomic E-state index is 13.3. The SMILES string of the molecule is COC(=O)[C@@H](C)Oc1ccccc1NC(=O)[C@@H](C)Oc1ccccc1NC(=O)[C@@H](C)Oc1ccccc1NC(=O)[C@@H](C)Oc1ccccc1N. The predicted molar refractivity (Wildman–Crippen MR) is 188 cm³/mol. The minimum Gasteiger partial charge on any atom is -0.479 e. The van der Waals surface area contributed by atoms with E-state index in [2.05, 4.69) is 16.0 Å². The Labute approximate surface area is 290 Å². The molecule has 0 radical (unpaired) electrons. The number of nitrogens with two attached hydrogens (primary N) is 1. The molecule has 50 heavy (non-hydrogen) atoms. The van der Waals surface area contributed by atoms with Gasteiger partial charge in [-0.1, -0.05) is 48.5 Å². The first-order valence-corrected chi connectivity index (χ1v) is 15.8. The van der Waals surface area contributed by atoms with E-state index in [1.807, 2.05) is 0 Å². The number of hydrogen-bond acceptors (Lipinski definition) is 10. The molecule has 3 amide bonds. The Kier molecular flexibility index (Phi) is 12.6. The summed E-state index contributed by atoms with van der Waals surface area (Å²) in [5.41, 5.74) is 7.30. The number of rotatable bonds is 15. The fourth-order valence-electron chi connectivity index (χ4n) is 4.45.